The molecule has 2 N–H and O–H groups in total. The minimum Gasteiger partial charge on any atom is -0.349 e. The highest BCUT2D eigenvalue weighted by molar-refractivity contribution is 7.13. The predicted molar refractivity (Wildman–Crippen MR) is 127 cm³/mol. The number of nitrogens with one attached hydrogen (secondary N) is 2. The maximum absolute atomic E-state index is 12.8. The Bertz CT molecular complexity index is 1160. The molecule has 1 fully saturated rings. The zero-order valence-electron chi connectivity index (χ0n) is 19.8. The third kappa shape index (κ3) is 5.05. The molecule has 10 heteroatoms. The summed E-state index contributed by atoms with van der Waals surface area (Å²) in [6.45, 7) is 8.71. The van der Waals surface area contributed by atoms with E-state index in [1.165, 1.54) is 17.7 Å². The largest absolute Gasteiger partial charge is 0.349 e. The number of rotatable bonds is 5. The van der Waals surface area contributed by atoms with E-state index in [-0.39, 0.29) is 29.6 Å². The van der Waals surface area contributed by atoms with Gasteiger partial charge in [0.2, 0.25) is 0 Å². The van der Waals surface area contributed by atoms with Crippen molar-refractivity contribution in [3.63, 3.8) is 0 Å². The molecule has 0 aliphatic heterocycles. The minimum absolute atomic E-state index is 0.0932. The third-order valence-electron chi connectivity index (χ3n) is 6.50. The van der Waals surface area contributed by atoms with Crippen LogP contribution < -0.4 is 10.6 Å². The lowest BCUT2D eigenvalue weighted by molar-refractivity contribution is 0.0905. The molecule has 3 aromatic heterocycles. The topological polar surface area (TPSA) is 115 Å². The van der Waals surface area contributed by atoms with Crippen LogP contribution in [-0.4, -0.2) is 42.6 Å². The van der Waals surface area contributed by atoms with Crippen molar-refractivity contribution in [3.8, 4) is 0 Å². The second-order valence-electron chi connectivity index (χ2n) is 9.87. The highest BCUT2D eigenvalue weighted by Gasteiger charge is 2.30. The van der Waals surface area contributed by atoms with Gasteiger partial charge in [-0.1, -0.05) is 20.8 Å². The van der Waals surface area contributed by atoms with Crippen molar-refractivity contribution < 1.29 is 9.59 Å². The van der Waals surface area contributed by atoms with Crippen molar-refractivity contribution >= 4 is 34.2 Å². The van der Waals surface area contributed by atoms with Gasteiger partial charge in [0.15, 0.2) is 5.65 Å². The monoisotopic (exact) mass is 469 g/mol. The second kappa shape index (κ2) is 9.17. The fourth-order valence-electron chi connectivity index (χ4n) is 4.42. The average molecular weight is 470 g/mol. The fraction of sp³-hybridized carbons (Fsp3) is 0.565. The molecule has 1 aliphatic rings. The Balaban J connectivity index is 1.36. The van der Waals surface area contributed by atoms with E-state index < -0.39 is 0 Å². The van der Waals surface area contributed by atoms with Crippen LogP contribution in [0.15, 0.2) is 18.7 Å². The van der Waals surface area contributed by atoms with E-state index in [9.17, 15) is 9.59 Å². The summed E-state index contributed by atoms with van der Waals surface area (Å²) in [6.07, 6.45) is 8.81. The van der Waals surface area contributed by atoms with Crippen molar-refractivity contribution in [2.24, 2.45) is 18.4 Å². The predicted octanol–water partition coefficient (Wildman–Crippen LogP) is 3.65. The third-order valence-corrected chi connectivity index (χ3v) is 7.68. The Hall–Kier alpha value is -2.88. The number of carbonyl (C=O) groups excluding carboxylic acids is 2. The summed E-state index contributed by atoms with van der Waals surface area (Å²) in [6, 6.07) is -0.161. The van der Waals surface area contributed by atoms with Gasteiger partial charge in [0.25, 0.3) is 11.8 Å². The quantitative estimate of drug-likeness (QED) is 0.589. The van der Waals surface area contributed by atoms with E-state index in [1.807, 2.05) is 6.92 Å². The standard InChI is InChI=1S/C23H31N7O2S/c1-13(28-21(32)18-16-10-27-30(5)19(16)26-12-25-18)22-24-11-17(33-22)20(31)29-15-8-6-14(7-9-15)23(2,3)4/h10-15H,6-9H2,1-5H3,(H,28,32)(H,29,31). The van der Waals surface area contributed by atoms with Crippen LogP contribution in [-0.2, 0) is 7.05 Å². The molecular weight excluding hydrogens is 438 g/mol. The molecule has 176 valence electrons. The molecule has 0 aromatic carbocycles. The molecule has 4 rings (SSSR count). The molecule has 9 nitrogen and oxygen atoms in total. The number of hydrogen-bond acceptors (Lipinski definition) is 7. The number of thiazole rings is 1. The second-order valence-corrected chi connectivity index (χ2v) is 10.9. The highest BCUT2D eigenvalue weighted by Crippen LogP contribution is 2.37. The van der Waals surface area contributed by atoms with Crippen LogP contribution in [0.25, 0.3) is 11.0 Å². The van der Waals surface area contributed by atoms with Gasteiger partial charge in [0.05, 0.1) is 23.8 Å². The Morgan fingerprint density at radius 1 is 1.09 bits per heavy atom. The number of carbonyl (C=O) groups is 2. The van der Waals surface area contributed by atoms with Gasteiger partial charge in [-0.2, -0.15) is 5.10 Å². The summed E-state index contributed by atoms with van der Waals surface area (Å²) >= 11 is 1.30. The molecule has 3 heterocycles. The zero-order chi connectivity index (χ0) is 23.8. The first-order valence-corrected chi connectivity index (χ1v) is 12.1. The molecule has 0 bridgehead atoms. The molecule has 3 aromatic rings. The minimum atomic E-state index is -0.368. The summed E-state index contributed by atoms with van der Waals surface area (Å²) in [7, 11) is 1.76. The Morgan fingerprint density at radius 3 is 2.52 bits per heavy atom. The lowest BCUT2D eigenvalue weighted by Gasteiger charge is -2.37. The van der Waals surface area contributed by atoms with E-state index in [0.717, 1.165) is 25.7 Å². The molecule has 0 radical (unpaired) electrons. The van der Waals surface area contributed by atoms with Crippen LogP contribution >= 0.6 is 11.3 Å². The maximum Gasteiger partial charge on any atom is 0.271 e. The Morgan fingerprint density at radius 2 is 1.82 bits per heavy atom. The first-order valence-electron chi connectivity index (χ1n) is 11.3. The van der Waals surface area contributed by atoms with Crippen LogP contribution in [0.4, 0.5) is 0 Å². The summed E-state index contributed by atoms with van der Waals surface area (Å²) in [4.78, 5) is 38.8. The van der Waals surface area contributed by atoms with Crippen molar-refractivity contribution in [2.75, 3.05) is 0 Å². The Labute approximate surface area is 197 Å². The molecule has 33 heavy (non-hydrogen) atoms. The number of aryl methyl sites for hydroxylation is 1. The van der Waals surface area contributed by atoms with Gasteiger partial charge in [-0.05, 0) is 43.9 Å². The van der Waals surface area contributed by atoms with Gasteiger partial charge < -0.3 is 10.6 Å². The van der Waals surface area contributed by atoms with Crippen molar-refractivity contribution in [3.05, 3.63) is 34.3 Å². The SMILES string of the molecule is CC(NC(=O)c1ncnc2c1cnn2C)c1ncc(C(=O)NC2CCC(C(C)(C)C)CC2)s1. The molecular formula is C23H31N7O2S. The van der Waals surface area contributed by atoms with Gasteiger partial charge in [-0.15, -0.1) is 11.3 Å². The van der Waals surface area contributed by atoms with Crippen molar-refractivity contribution in [1.29, 1.82) is 0 Å². The summed E-state index contributed by atoms with van der Waals surface area (Å²) in [5, 5.41) is 11.5. The van der Waals surface area contributed by atoms with E-state index in [2.05, 4.69) is 51.5 Å². The average Bonchev–Trinajstić information content (AvgIpc) is 3.41. The zero-order valence-corrected chi connectivity index (χ0v) is 20.6. The smallest absolute Gasteiger partial charge is 0.271 e. The molecule has 0 spiro atoms. The number of fused-ring (bicyclic) bond motifs is 1. The van der Waals surface area contributed by atoms with Gasteiger partial charge >= 0.3 is 0 Å². The summed E-state index contributed by atoms with van der Waals surface area (Å²) < 4.78 is 1.60. The molecule has 1 unspecified atom stereocenters. The first-order chi connectivity index (χ1) is 15.6. The normalized spacial score (nSPS) is 19.9. The number of hydrogen-bond donors (Lipinski definition) is 2. The van der Waals surface area contributed by atoms with Crippen LogP contribution in [0, 0.1) is 11.3 Å². The van der Waals surface area contributed by atoms with Crippen LogP contribution in [0.5, 0.6) is 0 Å². The van der Waals surface area contributed by atoms with Gasteiger partial charge in [0, 0.05) is 13.1 Å². The van der Waals surface area contributed by atoms with E-state index >= 15 is 0 Å². The molecule has 1 saturated carbocycles. The van der Waals surface area contributed by atoms with E-state index in [1.54, 1.807) is 24.1 Å². The van der Waals surface area contributed by atoms with Crippen molar-refractivity contribution in [2.45, 2.75) is 65.5 Å². The van der Waals surface area contributed by atoms with E-state index in [4.69, 9.17) is 0 Å². The lowest BCUT2D eigenvalue weighted by atomic mass is 9.71. The van der Waals surface area contributed by atoms with Crippen LogP contribution in [0.3, 0.4) is 0 Å². The molecule has 2 amide bonds. The highest BCUT2D eigenvalue weighted by atomic mass is 32.1. The maximum atomic E-state index is 12.8. The fourth-order valence-corrected chi connectivity index (χ4v) is 5.25. The number of amides is 2. The lowest BCUT2D eigenvalue weighted by Crippen LogP contribution is -2.39. The van der Waals surface area contributed by atoms with Gasteiger partial charge in [0.1, 0.15) is 21.9 Å². The van der Waals surface area contributed by atoms with Gasteiger partial charge in [-0.25, -0.2) is 15.0 Å². The Kier molecular flexibility index (Phi) is 6.47. The number of aromatic nitrogens is 5. The van der Waals surface area contributed by atoms with Gasteiger partial charge in [-0.3, -0.25) is 14.3 Å². The van der Waals surface area contributed by atoms with Crippen LogP contribution in [0.2, 0.25) is 0 Å². The number of nitrogens with zero attached hydrogens (tertiary/aromatic N) is 5. The molecule has 1 aliphatic carbocycles. The van der Waals surface area contributed by atoms with E-state index in [0.29, 0.717) is 32.3 Å². The summed E-state index contributed by atoms with van der Waals surface area (Å²) in [5.41, 5.74) is 1.17. The first kappa shape index (κ1) is 23.3. The van der Waals surface area contributed by atoms with Crippen molar-refractivity contribution in [1.82, 2.24) is 35.4 Å². The van der Waals surface area contributed by atoms with Crippen LogP contribution in [0.1, 0.15) is 84.6 Å². The molecule has 0 saturated heterocycles. The molecule has 1 atom stereocenters. The summed E-state index contributed by atoms with van der Waals surface area (Å²) in [5.74, 6) is 0.275.